The van der Waals surface area contributed by atoms with Gasteiger partial charge < -0.3 is 5.32 Å². The Kier molecular flexibility index (Phi) is 5.65. The SMILES string of the molecule is CN1C(C(=O)Nc2ccccc2C(F)(F)F)CC(c2ccc(F)cc2)NS1(=O)=O. The number of carbonyl (C=O) groups is 1. The zero-order chi connectivity index (χ0) is 21.4. The molecule has 0 spiro atoms. The van der Waals surface area contributed by atoms with Gasteiger partial charge >= 0.3 is 6.18 Å². The zero-order valence-electron chi connectivity index (χ0n) is 15.1. The van der Waals surface area contributed by atoms with Crippen LogP contribution in [0.4, 0.5) is 23.2 Å². The fourth-order valence-corrected chi connectivity index (χ4v) is 4.35. The van der Waals surface area contributed by atoms with Gasteiger partial charge in [0.25, 0.3) is 10.2 Å². The van der Waals surface area contributed by atoms with E-state index in [-0.39, 0.29) is 6.42 Å². The molecule has 1 saturated heterocycles. The van der Waals surface area contributed by atoms with Crippen LogP contribution in [0.25, 0.3) is 0 Å². The maximum atomic E-state index is 13.2. The average Bonchev–Trinajstić information content (AvgIpc) is 2.64. The fourth-order valence-electron chi connectivity index (χ4n) is 3.08. The average molecular weight is 431 g/mol. The smallest absolute Gasteiger partial charge is 0.324 e. The Hall–Kier alpha value is -2.50. The highest BCUT2D eigenvalue weighted by Crippen LogP contribution is 2.35. The summed E-state index contributed by atoms with van der Waals surface area (Å²) >= 11 is 0. The molecule has 0 aliphatic carbocycles. The third-order valence-electron chi connectivity index (χ3n) is 4.63. The van der Waals surface area contributed by atoms with Gasteiger partial charge in [-0.05, 0) is 36.2 Å². The van der Waals surface area contributed by atoms with Gasteiger partial charge in [-0.3, -0.25) is 4.79 Å². The Morgan fingerprint density at radius 3 is 2.38 bits per heavy atom. The summed E-state index contributed by atoms with van der Waals surface area (Å²) in [5.41, 5.74) is -1.08. The standard InChI is InChI=1S/C18H17F4N3O3S/c1-25-16(17(26)23-14-5-3-2-4-13(14)18(20,21)22)10-15(24-29(25,27)28)11-6-8-12(19)9-7-11/h2-9,15-16,24H,10H2,1H3,(H,23,26). The van der Waals surface area contributed by atoms with Gasteiger partial charge in [-0.1, -0.05) is 24.3 Å². The summed E-state index contributed by atoms with van der Waals surface area (Å²) in [4.78, 5) is 12.7. The zero-order valence-corrected chi connectivity index (χ0v) is 15.9. The number of hydrogen-bond donors (Lipinski definition) is 2. The highest BCUT2D eigenvalue weighted by atomic mass is 32.2. The molecule has 11 heteroatoms. The monoisotopic (exact) mass is 431 g/mol. The molecule has 156 valence electrons. The van der Waals surface area contributed by atoms with Crippen molar-refractivity contribution in [1.82, 2.24) is 9.03 Å². The number of nitrogens with zero attached hydrogens (tertiary/aromatic N) is 1. The van der Waals surface area contributed by atoms with E-state index in [1.807, 2.05) is 0 Å². The summed E-state index contributed by atoms with van der Waals surface area (Å²) in [6, 6.07) is 7.37. The molecule has 0 aromatic heterocycles. The number of amides is 1. The molecule has 2 aromatic carbocycles. The van der Waals surface area contributed by atoms with E-state index in [2.05, 4.69) is 10.0 Å². The number of benzene rings is 2. The van der Waals surface area contributed by atoms with Crippen molar-refractivity contribution in [2.24, 2.45) is 0 Å². The summed E-state index contributed by atoms with van der Waals surface area (Å²) in [6.07, 6.45) is -4.74. The number of anilines is 1. The van der Waals surface area contributed by atoms with Gasteiger partial charge in [-0.25, -0.2) is 4.39 Å². The Bertz CT molecular complexity index is 1010. The lowest BCUT2D eigenvalue weighted by atomic mass is 9.99. The van der Waals surface area contributed by atoms with Crippen molar-refractivity contribution >= 4 is 21.8 Å². The molecular weight excluding hydrogens is 414 g/mol. The lowest BCUT2D eigenvalue weighted by Gasteiger charge is -2.36. The van der Waals surface area contributed by atoms with Crippen molar-refractivity contribution in [3.05, 3.63) is 65.5 Å². The second-order valence-electron chi connectivity index (χ2n) is 6.53. The van der Waals surface area contributed by atoms with E-state index in [0.717, 1.165) is 35.6 Å². The van der Waals surface area contributed by atoms with Gasteiger partial charge in [-0.15, -0.1) is 0 Å². The molecule has 0 bridgehead atoms. The quantitative estimate of drug-likeness (QED) is 0.734. The van der Waals surface area contributed by atoms with E-state index in [0.29, 0.717) is 5.56 Å². The molecule has 1 heterocycles. The molecule has 0 saturated carbocycles. The van der Waals surface area contributed by atoms with Crippen LogP contribution >= 0.6 is 0 Å². The van der Waals surface area contributed by atoms with Crippen LogP contribution in [0.3, 0.4) is 0 Å². The van der Waals surface area contributed by atoms with Crippen molar-refractivity contribution in [3.63, 3.8) is 0 Å². The third-order valence-corrected chi connectivity index (χ3v) is 6.23. The normalized spacial score (nSPS) is 22.2. The number of carbonyl (C=O) groups excluding carboxylic acids is 1. The van der Waals surface area contributed by atoms with Gasteiger partial charge in [0.1, 0.15) is 11.9 Å². The van der Waals surface area contributed by atoms with Crippen LogP contribution in [0.1, 0.15) is 23.6 Å². The van der Waals surface area contributed by atoms with Crippen LogP contribution in [0.2, 0.25) is 0 Å². The lowest BCUT2D eigenvalue weighted by Crippen LogP contribution is -2.56. The lowest BCUT2D eigenvalue weighted by molar-refractivity contribution is -0.137. The molecule has 0 radical (unpaired) electrons. The summed E-state index contributed by atoms with van der Waals surface area (Å²) < 4.78 is 80.6. The number of alkyl halides is 3. The summed E-state index contributed by atoms with van der Waals surface area (Å²) in [5.74, 6) is -1.41. The Morgan fingerprint density at radius 1 is 1.14 bits per heavy atom. The molecule has 1 fully saturated rings. The summed E-state index contributed by atoms with van der Waals surface area (Å²) in [7, 11) is -2.93. The predicted molar refractivity (Wildman–Crippen MR) is 97.4 cm³/mol. The van der Waals surface area contributed by atoms with Crippen molar-refractivity contribution in [2.75, 3.05) is 12.4 Å². The molecule has 1 aliphatic rings. The first-order valence-corrected chi connectivity index (χ1v) is 9.91. The number of rotatable bonds is 3. The van der Waals surface area contributed by atoms with Crippen molar-refractivity contribution in [2.45, 2.75) is 24.7 Å². The van der Waals surface area contributed by atoms with Gasteiger partial charge in [0.2, 0.25) is 5.91 Å². The number of likely N-dealkylation sites (N-methyl/N-ethyl adjacent to an activating group) is 1. The second-order valence-corrected chi connectivity index (χ2v) is 8.29. The minimum Gasteiger partial charge on any atom is -0.324 e. The molecule has 1 amide bonds. The minimum atomic E-state index is -4.69. The van der Waals surface area contributed by atoms with Gasteiger partial charge in [-0.2, -0.15) is 30.6 Å². The fraction of sp³-hybridized carbons (Fsp3) is 0.278. The number of hydrogen-bond acceptors (Lipinski definition) is 3. The van der Waals surface area contributed by atoms with Crippen molar-refractivity contribution < 1.29 is 30.8 Å². The van der Waals surface area contributed by atoms with E-state index in [4.69, 9.17) is 0 Å². The highest BCUT2D eigenvalue weighted by molar-refractivity contribution is 7.87. The molecule has 6 nitrogen and oxygen atoms in total. The molecular formula is C18H17F4N3O3S. The summed E-state index contributed by atoms with van der Waals surface area (Å²) in [5, 5.41) is 2.18. The highest BCUT2D eigenvalue weighted by Gasteiger charge is 2.41. The van der Waals surface area contributed by atoms with E-state index in [1.165, 1.54) is 24.3 Å². The Labute approximate surface area is 164 Å². The molecule has 2 unspecified atom stereocenters. The van der Waals surface area contributed by atoms with Gasteiger partial charge in [0.05, 0.1) is 11.3 Å². The van der Waals surface area contributed by atoms with Crippen LogP contribution in [0.15, 0.2) is 48.5 Å². The first-order chi connectivity index (χ1) is 13.5. The Balaban J connectivity index is 1.88. The first-order valence-electron chi connectivity index (χ1n) is 8.47. The molecule has 29 heavy (non-hydrogen) atoms. The summed E-state index contributed by atoms with van der Waals surface area (Å²) in [6.45, 7) is 0. The molecule has 2 N–H and O–H groups in total. The van der Waals surface area contributed by atoms with Gasteiger partial charge in [0, 0.05) is 13.1 Å². The number of halogens is 4. The van der Waals surface area contributed by atoms with Gasteiger partial charge in [0.15, 0.2) is 0 Å². The van der Waals surface area contributed by atoms with E-state index in [9.17, 15) is 30.8 Å². The Morgan fingerprint density at radius 2 is 1.76 bits per heavy atom. The molecule has 3 rings (SSSR count). The minimum absolute atomic E-state index is 0.0542. The third kappa shape index (κ3) is 4.57. The van der Waals surface area contributed by atoms with Crippen LogP contribution in [-0.4, -0.2) is 31.7 Å². The second kappa shape index (κ2) is 7.73. The predicted octanol–water partition coefficient (Wildman–Crippen LogP) is 3.06. The van der Waals surface area contributed by atoms with Crippen LogP contribution < -0.4 is 10.0 Å². The maximum Gasteiger partial charge on any atom is 0.418 e. The molecule has 1 aliphatic heterocycles. The molecule has 2 aromatic rings. The van der Waals surface area contributed by atoms with Crippen LogP contribution in [0, 0.1) is 5.82 Å². The van der Waals surface area contributed by atoms with Crippen molar-refractivity contribution in [1.29, 1.82) is 0 Å². The largest absolute Gasteiger partial charge is 0.418 e. The molecule has 2 atom stereocenters. The van der Waals surface area contributed by atoms with Crippen molar-refractivity contribution in [3.8, 4) is 0 Å². The first kappa shape index (κ1) is 21.2. The topological polar surface area (TPSA) is 78.5 Å². The van der Waals surface area contributed by atoms with E-state index in [1.54, 1.807) is 0 Å². The van der Waals surface area contributed by atoms with E-state index >= 15 is 0 Å². The van der Waals surface area contributed by atoms with Crippen LogP contribution in [-0.2, 0) is 21.2 Å². The van der Waals surface area contributed by atoms with E-state index < -0.39 is 51.4 Å². The van der Waals surface area contributed by atoms with Crippen LogP contribution in [0.5, 0.6) is 0 Å². The number of para-hydroxylation sites is 1. The maximum absolute atomic E-state index is 13.2. The number of nitrogens with one attached hydrogen (secondary N) is 2.